The van der Waals surface area contributed by atoms with Crippen molar-refractivity contribution in [2.75, 3.05) is 36.1 Å². The summed E-state index contributed by atoms with van der Waals surface area (Å²) < 4.78 is 24.3. The average molecular weight is 624 g/mol. The summed E-state index contributed by atoms with van der Waals surface area (Å²) in [5.74, 6) is 0.219. The van der Waals surface area contributed by atoms with Crippen LogP contribution in [-0.4, -0.2) is 51.1 Å². The number of amides is 2. The summed E-state index contributed by atoms with van der Waals surface area (Å²) in [6.45, 7) is 1.68. The van der Waals surface area contributed by atoms with Gasteiger partial charge in [-0.15, -0.1) is 0 Å². The highest BCUT2D eigenvalue weighted by atomic mass is 35.5. The zero-order valence-corrected chi connectivity index (χ0v) is 24.9. The van der Waals surface area contributed by atoms with E-state index in [0.29, 0.717) is 64.6 Å². The lowest BCUT2D eigenvalue weighted by Crippen LogP contribution is -2.37. The minimum atomic E-state index is -3.54. The number of nitrogens with one attached hydrogen (secondary N) is 2. The third-order valence-corrected chi connectivity index (χ3v) is 8.63. The van der Waals surface area contributed by atoms with Gasteiger partial charge in [0.05, 0.1) is 10.6 Å². The molecule has 0 spiro atoms. The molecule has 2 N–H and O–H groups in total. The van der Waals surface area contributed by atoms with Crippen molar-refractivity contribution in [3.63, 3.8) is 0 Å². The number of aromatic nitrogens is 1. The lowest BCUT2D eigenvalue weighted by Gasteiger charge is -2.33. The van der Waals surface area contributed by atoms with Crippen LogP contribution in [0.5, 0.6) is 0 Å². The van der Waals surface area contributed by atoms with Gasteiger partial charge in [-0.25, -0.2) is 13.4 Å². The molecule has 1 fully saturated rings. The first-order valence-corrected chi connectivity index (χ1v) is 15.7. The monoisotopic (exact) mass is 622 g/mol. The molecule has 3 aromatic rings. The van der Waals surface area contributed by atoms with E-state index in [1.165, 1.54) is 18.3 Å². The number of anilines is 2. The number of hydrogen-bond donors (Lipinski definition) is 2. The molecule has 1 aliphatic heterocycles. The van der Waals surface area contributed by atoms with Crippen molar-refractivity contribution in [2.24, 2.45) is 5.92 Å². The van der Waals surface area contributed by atoms with Crippen LogP contribution in [-0.2, 0) is 21.1 Å². The SMILES string of the molecule is CS(=O)(=O)c1cnc(N2CCC(CC(=O)NCCc3ccc(Cl)cc3Cl)CC2)c(NC(=O)c2cccc(Cl)c2)c1. The first-order chi connectivity index (χ1) is 19.0. The summed E-state index contributed by atoms with van der Waals surface area (Å²) in [6, 6.07) is 13.2. The number of hydrogen-bond acceptors (Lipinski definition) is 6. The predicted molar refractivity (Wildman–Crippen MR) is 159 cm³/mol. The molecule has 8 nitrogen and oxygen atoms in total. The van der Waals surface area contributed by atoms with Crippen molar-refractivity contribution in [1.29, 1.82) is 0 Å². The standard InChI is InChI=1S/C28H29Cl3N4O4S/c1-40(38,39)23-16-25(34-28(37)20-3-2-4-21(29)14-20)27(33-17-23)35-11-8-18(9-12-35)13-26(36)32-10-7-19-5-6-22(30)15-24(19)31/h2-6,14-18H,7-13H2,1H3,(H,32,36)(H,34,37). The molecule has 4 rings (SSSR count). The van der Waals surface area contributed by atoms with Gasteiger partial charge in [0.1, 0.15) is 0 Å². The number of rotatable bonds is 9. The van der Waals surface area contributed by atoms with E-state index in [-0.39, 0.29) is 16.7 Å². The van der Waals surface area contributed by atoms with Crippen LogP contribution < -0.4 is 15.5 Å². The summed E-state index contributed by atoms with van der Waals surface area (Å²) in [5, 5.41) is 7.33. The highest BCUT2D eigenvalue weighted by molar-refractivity contribution is 7.90. The van der Waals surface area contributed by atoms with E-state index in [1.807, 2.05) is 11.0 Å². The molecule has 12 heteroatoms. The van der Waals surface area contributed by atoms with Gasteiger partial charge in [0, 0.05) is 59.1 Å². The molecule has 40 heavy (non-hydrogen) atoms. The maximum atomic E-state index is 12.9. The van der Waals surface area contributed by atoms with Gasteiger partial charge in [-0.3, -0.25) is 9.59 Å². The molecular formula is C28H29Cl3N4O4S. The second-order valence-electron chi connectivity index (χ2n) is 9.75. The third kappa shape index (κ3) is 8.10. The van der Waals surface area contributed by atoms with Crippen LogP contribution in [0.25, 0.3) is 0 Å². The number of carbonyl (C=O) groups is 2. The first-order valence-electron chi connectivity index (χ1n) is 12.7. The Morgan fingerprint density at radius 3 is 2.42 bits per heavy atom. The number of sulfone groups is 1. The van der Waals surface area contributed by atoms with Crippen molar-refractivity contribution >= 4 is 68.0 Å². The number of benzene rings is 2. The summed E-state index contributed by atoms with van der Waals surface area (Å²) in [7, 11) is -3.54. The van der Waals surface area contributed by atoms with Gasteiger partial charge >= 0.3 is 0 Å². The number of halogens is 3. The Morgan fingerprint density at radius 2 is 1.75 bits per heavy atom. The molecule has 0 bridgehead atoms. The van der Waals surface area contributed by atoms with Gasteiger partial charge in [-0.1, -0.05) is 46.9 Å². The van der Waals surface area contributed by atoms with Gasteiger partial charge in [-0.2, -0.15) is 0 Å². The second-order valence-corrected chi connectivity index (χ2v) is 13.0. The number of piperidine rings is 1. The van der Waals surface area contributed by atoms with Crippen LogP contribution in [0.4, 0.5) is 11.5 Å². The number of pyridine rings is 1. The molecule has 2 aromatic carbocycles. The van der Waals surface area contributed by atoms with Crippen LogP contribution in [0, 0.1) is 5.92 Å². The van der Waals surface area contributed by atoms with E-state index >= 15 is 0 Å². The molecule has 0 saturated carbocycles. The zero-order valence-electron chi connectivity index (χ0n) is 21.8. The predicted octanol–water partition coefficient (Wildman–Crippen LogP) is 5.66. The average Bonchev–Trinajstić information content (AvgIpc) is 2.90. The fraction of sp³-hybridized carbons (Fsp3) is 0.321. The minimum absolute atomic E-state index is 0.00379. The normalized spacial score (nSPS) is 14.2. The molecule has 0 radical (unpaired) electrons. The molecule has 1 saturated heterocycles. The van der Waals surface area contributed by atoms with Gasteiger partial charge in [-0.05, 0) is 67.1 Å². The lowest BCUT2D eigenvalue weighted by atomic mass is 9.93. The van der Waals surface area contributed by atoms with Crippen LogP contribution in [0.15, 0.2) is 59.6 Å². The maximum absolute atomic E-state index is 12.9. The van der Waals surface area contributed by atoms with Crippen molar-refractivity contribution in [3.05, 3.63) is 80.9 Å². The molecule has 1 aliphatic rings. The minimum Gasteiger partial charge on any atom is -0.356 e. The van der Waals surface area contributed by atoms with E-state index in [9.17, 15) is 18.0 Å². The summed E-state index contributed by atoms with van der Waals surface area (Å²) in [4.78, 5) is 31.9. The zero-order chi connectivity index (χ0) is 28.9. The van der Waals surface area contributed by atoms with E-state index in [1.54, 1.807) is 30.3 Å². The van der Waals surface area contributed by atoms with Crippen LogP contribution >= 0.6 is 34.8 Å². The van der Waals surface area contributed by atoms with E-state index in [4.69, 9.17) is 34.8 Å². The number of carbonyl (C=O) groups excluding carboxylic acids is 2. The highest BCUT2D eigenvalue weighted by Crippen LogP contribution is 2.31. The Balaban J connectivity index is 1.36. The molecule has 2 heterocycles. The van der Waals surface area contributed by atoms with Crippen molar-refractivity contribution in [3.8, 4) is 0 Å². The van der Waals surface area contributed by atoms with Crippen LogP contribution in [0.2, 0.25) is 15.1 Å². The topological polar surface area (TPSA) is 108 Å². The van der Waals surface area contributed by atoms with Crippen LogP contribution in [0.1, 0.15) is 35.2 Å². The van der Waals surface area contributed by atoms with Gasteiger partial charge in [0.25, 0.3) is 5.91 Å². The van der Waals surface area contributed by atoms with Crippen molar-refractivity contribution < 1.29 is 18.0 Å². The maximum Gasteiger partial charge on any atom is 0.255 e. The van der Waals surface area contributed by atoms with E-state index in [2.05, 4.69) is 15.6 Å². The second kappa shape index (κ2) is 13.2. The Labute approximate surface area is 248 Å². The highest BCUT2D eigenvalue weighted by Gasteiger charge is 2.25. The van der Waals surface area contributed by atoms with Gasteiger partial charge in [0.15, 0.2) is 15.7 Å². The molecular weight excluding hydrogens is 595 g/mol. The number of nitrogens with zero attached hydrogens (tertiary/aromatic N) is 2. The van der Waals surface area contributed by atoms with E-state index in [0.717, 1.165) is 24.7 Å². The summed E-state index contributed by atoms with van der Waals surface area (Å²) in [5.41, 5.74) is 1.56. The molecule has 0 atom stereocenters. The Morgan fingerprint density at radius 1 is 1.02 bits per heavy atom. The summed E-state index contributed by atoms with van der Waals surface area (Å²) in [6.07, 6.45) is 4.89. The fourth-order valence-electron chi connectivity index (χ4n) is 4.55. The summed E-state index contributed by atoms with van der Waals surface area (Å²) >= 11 is 18.2. The lowest BCUT2D eigenvalue weighted by molar-refractivity contribution is -0.122. The Bertz CT molecular complexity index is 1510. The fourth-order valence-corrected chi connectivity index (χ4v) is 5.82. The Hall–Kier alpha value is -2.85. The molecule has 2 amide bonds. The first kappa shape index (κ1) is 30.1. The van der Waals surface area contributed by atoms with Crippen molar-refractivity contribution in [2.45, 2.75) is 30.6 Å². The molecule has 1 aromatic heterocycles. The molecule has 212 valence electrons. The van der Waals surface area contributed by atoms with E-state index < -0.39 is 15.7 Å². The largest absolute Gasteiger partial charge is 0.356 e. The third-order valence-electron chi connectivity index (χ3n) is 6.72. The van der Waals surface area contributed by atoms with Crippen molar-refractivity contribution in [1.82, 2.24) is 10.3 Å². The smallest absolute Gasteiger partial charge is 0.255 e. The molecule has 0 aliphatic carbocycles. The Kier molecular flexibility index (Phi) is 9.94. The van der Waals surface area contributed by atoms with Crippen LogP contribution in [0.3, 0.4) is 0 Å². The molecule has 0 unspecified atom stereocenters. The quantitative estimate of drug-likeness (QED) is 0.318. The van der Waals surface area contributed by atoms with Gasteiger partial charge < -0.3 is 15.5 Å². The van der Waals surface area contributed by atoms with Gasteiger partial charge in [0.2, 0.25) is 5.91 Å².